The zero-order chi connectivity index (χ0) is 10.1. The molecule has 2 rings (SSSR count). The number of benzene rings is 1. The molecule has 3 nitrogen and oxygen atoms in total. The van der Waals surface area contributed by atoms with Gasteiger partial charge in [0.15, 0.2) is 0 Å². The molecule has 2 N–H and O–H groups in total. The third-order valence-corrected chi connectivity index (χ3v) is 1.86. The number of phenolic OH excluding ortho intramolecular Hbond substituents is 1. The number of aromatic nitrogens is 2. The number of hydrogen-bond donors (Lipinski definition) is 2. The van der Waals surface area contributed by atoms with Crippen LogP contribution in [0.3, 0.4) is 0 Å². The van der Waals surface area contributed by atoms with E-state index in [0.717, 1.165) is 11.8 Å². The average Bonchev–Trinajstić information content (AvgIpc) is 2.50. The predicted molar refractivity (Wildman–Crippen MR) is 50.4 cm³/mol. The number of rotatable bonds is 1. The first kappa shape index (κ1) is 8.74. The van der Waals surface area contributed by atoms with Gasteiger partial charge in [-0.25, -0.2) is 9.37 Å². The highest BCUT2D eigenvalue weighted by molar-refractivity contribution is 5.57. The minimum absolute atomic E-state index is 0.103. The molecular weight excluding hydrogens is 183 g/mol. The Morgan fingerprint density at radius 1 is 1.36 bits per heavy atom. The molecule has 0 unspecified atom stereocenters. The number of halogens is 1. The number of nitrogens with zero attached hydrogens (tertiary/aromatic N) is 1. The predicted octanol–water partition coefficient (Wildman–Crippen LogP) is 2.23. The topological polar surface area (TPSA) is 48.9 Å². The Kier molecular flexibility index (Phi) is 1.96. The summed E-state index contributed by atoms with van der Waals surface area (Å²) in [5.41, 5.74) is 1.43. The van der Waals surface area contributed by atoms with E-state index in [4.69, 9.17) is 0 Å². The maximum absolute atomic E-state index is 12.9. The van der Waals surface area contributed by atoms with Gasteiger partial charge in [-0.1, -0.05) is 0 Å². The number of phenols is 1. The molecule has 1 aromatic carbocycles. The van der Waals surface area contributed by atoms with Crippen LogP contribution in [-0.4, -0.2) is 15.1 Å². The van der Waals surface area contributed by atoms with Crippen molar-refractivity contribution in [2.24, 2.45) is 0 Å². The highest BCUT2D eigenvalue weighted by Crippen LogP contribution is 2.22. The van der Waals surface area contributed by atoms with Gasteiger partial charge in [0, 0.05) is 23.5 Å². The second kappa shape index (κ2) is 3.14. The van der Waals surface area contributed by atoms with Crippen LogP contribution in [0.4, 0.5) is 4.39 Å². The van der Waals surface area contributed by atoms with Crippen molar-refractivity contribution in [1.82, 2.24) is 9.97 Å². The molecular formula is C10H9FN2O. The van der Waals surface area contributed by atoms with Crippen LogP contribution in [0, 0.1) is 12.7 Å². The highest BCUT2D eigenvalue weighted by Gasteiger charge is 2.04. The first-order chi connectivity index (χ1) is 6.65. The monoisotopic (exact) mass is 192 g/mol. The van der Waals surface area contributed by atoms with Gasteiger partial charge in [0.1, 0.15) is 17.4 Å². The zero-order valence-corrected chi connectivity index (χ0v) is 7.58. The largest absolute Gasteiger partial charge is 0.508 e. The van der Waals surface area contributed by atoms with Gasteiger partial charge < -0.3 is 10.1 Å². The fourth-order valence-corrected chi connectivity index (χ4v) is 1.27. The molecule has 0 saturated carbocycles. The summed E-state index contributed by atoms with van der Waals surface area (Å²) in [5.74, 6) is -0.0274. The van der Waals surface area contributed by atoms with Crippen molar-refractivity contribution in [1.29, 1.82) is 0 Å². The fraction of sp³-hybridized carbons (Fsp3) is 0.100. The molecule has 0 fully saturated rings. The summed E-state index contributed by atoms with van der Waals surface area (Å²) in [4.78, 5) is 6.99. The maximum Gasteiger partial charge on any atom is 0.137 e. The smallest absolute Gasteiger partial charge is 0.137 e. The third-order valence-electron chi connectivity index (χ3n) is 1.86. The van der Waals surface area contributed by atoms with E-state index in [9.17, 15) is 9.50 Å². The van der Waals surface area contributed by atoms with Gasteiger partial charge in [0.25, 0.3) is 0 Å². The lowest BCUT2D eigenvalue weighted by Gasteiger charge is -1.98. The second-order valence-corrected chi connectivity index (χ2v) is 3.11. The molecule has 0 bridgehead atoms. The number of aryl methyl sites for hydroxylation is 1. The Balaban J connectivity index is 2.51. The van der Waals surface area contributed by atoms with Crippen molar-refractivity contribution < 1.29 is 9.50 Å². The lowest BCUT2D eigenvalue weighted by atomic mass is 10.2. The van der Waals surface area contributed by atoms with Crippen molar-refractivity contribution in [3.63, 3.8) is 0 Å². The Bertz CT molecular complexity index is 445. The van der Waals surface area contributed by atoms with Crippen molar-refractivity contribution in [2.45, 2.75) is 6.92 Å². The molecule has 0 aliphatic carbocycles. The van der Waals surface area contributed by atoms with Crippen molar-refractivity contribution >= 4 is 0 Å². The quantitative estimate of drug-likeness (QED) is 0.727. The summed E-state index contributed by atoms with van der Waals surface area (Å²) in [6.07, 6.45) is 1.65. The Morgan fingerprint density at radius 2 is 2.14 bits per heavy atom. The molecule has 0 aliphatic rings. The van der Waals surface area contributed by atoms with E-state index >= 15 is 0 Å². The second-order valence-electron chi connectivity index (χ2n) is 3.11. The standard InChI is InChI=1S/C10H9FN2O/c1-6-5-12-10(13-6)7-2-8(11)4-9(14)3-7/h2-5,14H,1H3,(H,12,13). The Hall–Kier alpha value is -1.84. The number of aromatic amines is 1. The van der Waals surface area contributed by atoms with Crippen LogP contribution in [0.1, 0.15) is 5.69 Å². The maximum atomic E-state index is 12.9. The van der Waals surface area contributed by atoms with E-state index in [1.54, 1.807) is 6.20 Å². The molecule has 0 saturated heterocycles. The first-order valence-electron chi connectivity index (χ1n) is 4.17. The summed E-state index contributed by atoms with van der Waals surface area (Å²) in [6, 6.07) is 3.83. The Labute approximate surface area is 80.2 Å². The molecule has 0 amide bonds. The average molecular weight is 192 g/mol. The molecule has 72 valence electrons. The number of nitrogens with one attached hydrogen (secondary N) is 1. The highest BCUT2D eigenvalue weighted by atomic mass is 19.1. The van der Waals surface area contributed by atoms with E-state index in [-0.39, 0.29) is 5.75 Å². The van der Waals surface area contributed by atoms with Crippen molar-refractivity contribution in [3.8, 4) is 17.1 Å². The molecule has 0 radical (unpaired) electrons. The zero-order valence-electron chi connectivity index (χ0n) is 7.58. The third kappa shape index (κ3) is 1.59. The van der Waals surface area contributed by atoms with Crippen LogP contribution < -0.4 is 0 Å². The summed E-state index contributed by atoms with van der Waals surface area (Å²) in [6.45, 7) is 1.86. The van der Waals surface area contributed by atoms with E-state index in [0.29, 0.717) is 11.4 Å². The van der Waals surface area contributed by atoms with Gasteiger partial charge >= 0.3 is 0 Å². The summed E-state index contributed by atoms with van der Waals surface area (Å²) >= 11 is 0. The number of aromatic hydroxyl groups is 1. The molecule has 0 spiro atoms. The molecule has 0 atom stereocenters. The van der Waals surface area contributed by atoms with E-state index < -0.39 is 5.82 Å². The lowest BCUT2D eigenvalue weighted by Crippen LogP contribution is -1.83. The first-order valence-corrected chi connectivity index (χ1v) is 4.17. The number of hydrogen-bond acceptors (Lipinski definition) is 2. The van der Waals surface area contributed by atoms with Gasteiger partial charge in [-0.3, -0.25) is 0 Å². The number of H-pyrrole nitrogens is 1. The minimum Gasteiger partial charge on any atom is -0.508 e. The van der Waals surface area contributed by atoms with Crippen LogP contribution in [0.5, 0.6) is 5.75 Å². The van der Waals surface area contributed by atoms with Gasteiger partial charge in [-0.15, -0.1) is 0 Å². The fourth-order valence-electron chi connectivity index (χ4n) is 1.27. The summed E-state index contributed by atoms with van der Waals surface area (Å²) < 4.78 is 12.9. The van der Waals surface area contributed by atoms with Gasteiger partial charge in [0.2, 0.25) is 0 Å². The van der Waals surface area contributed by atoms with Crippen LogP contribution in [0.2, 0.25) is 0 Å². The van der Waals surface area contributed by atoms with Gasteiger partial charge in [-0.2, -0.15) is 0 Å². The summed E-state index contributed by atoms with van der Waals surface area (Å²) in [5, 5.41) is 9.18. The van der Waals surface area contributed by atoms with Gasteiger partial charge in [0.05, 0.1) is 0 Å². The van der Waals surface area contributed by atoms with Crippen LogP contribution in [0.25, 0.3) is 11.4 Å². The Morgan fingerprint density at radius 3 is 2.71 bits per heavy atom. The minimum atomic E-state index is -0.478. The van der Waals surface area contributed by atoms with Crippen LogP contribution in [-0.2, 0) is 0 Å². The summed E-state index contributed by atoms with van der Waals surface area (Å²) in [7, 11) is 0. The normalized spacial score (nSPS) is 10.4. The molecule has 1 aromatic heterocycles. The van der Waals surface area contributed by atoms with E-state index in [1.807, 2.05) is 6.92 Å². The van der Waals surface area contributed by atoms with E-state index in [1.165, 1.54) is 12.1 Å². The molecule has 0 aliphatic heterocycles. The molecule has 1 heterocycles. The molecule has 4 heteroatoms. The number of imidazole rings is 1. The van der Waals surface area contributed by atoms with Crippen LogP contribution >= 0.6 is 0 Å². The molecule has 14 heavy (non-hydrogen) atoms. The van der Waals surface area contributed by atoms with Crippen LogP contribution in [0.15, 0.2) is 24.4 Å². The van der Waals surface area contributed by atoms with Crippen molar-refractivity contribution in [2.75, 3.05) is 0 Å². The van der Waals surface area contributed by atoms with E-state index in [2.05, 4.69) is 9.97 Å². The molecule has 2 aromatic rings. The van der Waals surface area contributed by atoms with Gasteiger partial charge in [-0.05, 0) is 19.1 Å². The SMILES string of the molecule is Cc1cnc(-c2cc(O)cc(F)c2)[nH]1. The van der Waals surface area contributed by atoms with Crippen molar-refractivity contribution in [3.05, 3.63) is 35.9 Å². The lowest BCUT2D eigenvalue weighted by molar-refractivity contribution is 0.469.